The average Bonchev–Trinajstić information content (AvgIpc) is 2.66. The van der Waals surface area contributed by atoms with Gasteiger partial charge in [0.1, 0.15) is 0 Å². The van der Waals surface area contributed by atoms with E-state index in [-0.39, 0.29) is 17.7 Å². The Morgan fingerprint density at radius 3 is 2.24 bits per heavy atom. The van der Waals surface area contributed by atoms with E-state index in [1.807, 2.05) is 0 Å². The highest BCUT2D eigenvalue weighted by Gasteiger charge is 2.39. The number of H-pyrrole nitrogens is 2. The summed E-state index contributed by atoms with van der Waals surface area (Å²) in [6.45, 7) is 0. The third-order valence-electron chi connectivity index (χ3n) is 5.16. The Balaban J connectivity index is 1.94. The lowest BCUT2D eigenvalue weighted by Gasteiger charge is -2.43. The van der Waals surface area contributed by atoms with Gasteiger partial charge in [-0.3, -0.25) is 14.3 Å². The van der Waals surface area contributed by atoms with Crippen LogP contribution in [0.1, 0.15) is 44.6 Å². The van der Waals surface area contributed by atoms with Crippen LogP contribution >= 0.6 is 0 Å². The fourth-order valence-electron chi connectivity index (χ4n) is 3.68. The molecule has 0 radical (unpaired) electrons. The van der Waals surface area contributed by atoms with E-state index in [0.717, 1.165) is 25.7 Å². The van der Waals surface area contributed by atoms with Crippen molar-refractivity contribution in [2.24, 2.45) is 11.8 Å². The van der Waals surface area contributed by atoms with Crippen LogP contribution in [0, 0.1) is 11.8 Å². The number of hydrogen-bond donors (Lipinski definition) is 3. The number of nitrogen functional groups attached to an aromatic ring is 1. The van der Waals surface area contributed by atoms with Crippen molar-refractivity contribution in [3.8, 4) is 0 Å². The first-order valence-corrected chi connectivity index (χ1v) is 7.65. The number of hydrogen-bond acceptors (Lipinski definition) is 4. The zero-order valence-corrected chi connectivity index (χ0v) is 11.8. The van der Waals surface area contributed by atoms with Crippen LogP contribution in [0.3, 0.4) is 0 Å². The van der Waals surface area contributed by atoms with Crippen molar-refractivity contribution >= 4 is 17.1 Å². The van der Waals surface area contributed by atoms with Gasteiger partial charge in [-0.15, -0.1) is 0 Å². The monoisotopic (exact) mass is 289 g/mol. The molecule has 4 N–H and O–H groups in total. The summed E-state index contributed by atoms with van der Waals surface area (Å²) in [5.41, 5.74) is 5.59. The van der Waals surface area contributed by atoms with Crippen molar-refractivity contribution < 1.29 is 0 Å². The average molecular weight is 289 g/mol. The summed E-state index contributed by atoms with van der Waals surface area (Å²) in [5.74, 6) is 1.20. The van der Waals surface area contributed by atoms with Crippen LogP contribution in [0.25, 0.3) is 11.2 Å². The molecule has 2 aromatic rings. The predicted octanol–water partition coefficient (Wildman–Crippen LogP) is 1.14. The van der Waals surface area contributed by atoms with E-state index in [4.69, 9.17) is 5.73 Å². The third-order valence-corrected chi connectivity index (χ3v) is 5.16. The van der Waals surface area contributed by atoms with Crippen LogP contribution in [-0.2, 0) is 0 Å². The summed E-state index contributed by atoms with van der Waals surface area (Å²) < 4.78 is 1.69. The summed E-state index contributed by atoms with van der Waals surface area (Å²) in [6.07, 6.45) is 7.03. The molecule has 21 heavy (non-hydrogen) atoms. The molecule has 7 heteroatoms. The molecule has 2 aromatic heterocycles. The van der Waals surface area contributed by atoms with Crippen LogP contribution < -0.4 is 17.0 Å². The lowest BCUT2D eigenvalue weighted by molar-refractivity contribution is 0.0995. The highest BCUT2D eigenvalue weighted by Crippen LogP contribution is 2.47. The smallest absolute Gasteiger partial charge is 0.330 e. The summed E-state index contributed by atoms with van der Waals surface area (Å²) in [5, 5.41) is 0. The molecule has 2 saturated carbocycles. The van der Waals surface area contributed by atoms with E-state index in [9.17, 15) is 9.59 Å². The van der Waals surface area contributed by atoms with Gasteiger partial charge >= 0.3 is 5.69 Å². The number of nitrogens with zero attached hydrogens (tertiary/aromatic N) is 2. The molecule has 2 aliphatic carbocycles. The minimum atomic E-state index is -0.448. The number of imidazole rings is 1. The summed E-state index contributed by atoms with van der Waals surface area (Å²) in [6, 6.07) is 0.141. The van der Waals surface area contributed by atoms with E-state index in [2.05, 4.69) is 15.0 Å². The molecule has 0 atom stereocenters. The molecule has 0 aliphatic heterocycles. The van der Waals surface area contributed by atoms with E-state index >= 15 is 0 Å². The van der Waals surface area contributed by atoms with E-state index in [1.54, 1.807) is 4.57 Å². The molecular formula is C14H19N5O2. The first-order valence-electron chi connectivity index (χ1n) is 7.65. The number of fused-ring (bicyclic) bond motifs is 1. The fourth-order valence-corrected chi connectivity index (χ4v) is 3.68. The normalized spacial score (nSPS) is 19.9. The largest absolute Gasteiger partial charge is 0.369 e. The summed E-state index contributed by atoms with van der Waals surface area (Å²) in [4.78, 5) is 33.7. The van der Waals surface area contributed by atoms with Crippen LogP contribution in [0.4, 0.5) is 5.95 Å². The van der Waals surface area contributed by atoms with Crippen LogP contribution in [0.5, 0.6) is 0 Å². The second-order valence-corrected chi connectivity index (χ2v) is 6.32. The number of aromatic amines is 2. The van der Waals surface area contributed by atoms with Gasteiger partial charge in [0.2, 0.25) is 0 Å². The molecule has 0 saturated heterocycles. The minimum absolute atomic E-state index is 0.141. The first kappa shape index (κ1) is 12.7. The van der Waals surface area contributed by atoms with Gasteiger partial charge in [0.15, 0.2) is 17.1 Å². The van der Waals surface area contributed by atoms with Gasteiger partial charge < -0.3 is 10.7 Å². The number of aromatic nitrogens is 4. The third kappa shape index (κ3) is 1.83. The Morgan fingerprint density at radius 1 is 1.10 bits per heavy atom. The molecule has 2 fully saturated rings. The second-order valence-electron chi connectivity index (χ2n) is 6.32. The Labute approximate surface area is 120 Å². The van der Waals surface area contributed by atoms with E-state index in [1.165, 1.54) is 12.8 Å². The standard InChI is InChI=1S/C14H19N5O2/c15-13-16-9-11(17-13)19(14(21)18-12(9)20)10(7-3-1-4-7)8-5-2-6-8/h7-8,10H,1-6H2,(H3,15,16,17)(H,18,20,21). The topological polar surface area (TPSA) is 110 Å². The highest BCUT2D eigenvalue weighted by atomic mass is 16.2. The summed E-state index contributed by atoms with van der Waals surface area (Å²) >= 11 is 0. The van der Waals surface area contributed by atoms with E-state index in [0.29, 0.717) is 23.0 Å². The SMILES string of the molecule is Nc1nc2c([nH]1)c(=O)[nH]c(=O)n2C(C1CCC1)C1CCC1. The minimum Gasteiger partial charge on any atom is -0.369 e. The maximum atomic E-state index is 12.4. The number of nitrogens with one attached hydrogen (secondary N) is 2. The molecule has 4 rings (SSSR count). The van der Waals surface area contributed by atoms with Crippen molar-refractivity contribution in [2.45, 2.75) is 44.6 Å². The maximum Gasteiger partial charge on any atom is 0.330 e. The molecule has 0 bridgehead atoms. The molecule has 7 nitrogen and oxygen atoms in total. The first-order chi connectivity index (χ1) is 10.1. The van der Waals surface area contributed by atoms with Gasteiger partial charge in [-0.05, 0) is 37.5 Å². The van der Waals surface area contributed by atoms with Crippen molar-refractivity contribution in [2.75, 3.05) is 5.73 Å². The van der Waals surface area contributed by atoms with Gasteiger partial charge in [-0.25, -0.2) is 4.79 Å². The highest BCUT2D eigenvalue weighted by molar-refractivity contribution is 5.72. The van der Waals surface area contributed by atoms with Crippen LogP contribution in [-0.4, -0.2) is 19.5 Å². The molecule has 0 aromatic carbocycles. The fraction of sp³-hybridized carbons (Fsp3) is 0.643. The Kier molecular flexibility index (Phi) is 2.70. The molecular weight excluding hydrogens is 270 g/mol. The van der Waals surface area contributed by atoms with Gasteiger partial charge in [-0.1, -0.05) is 12.8 Å². The van der Waals surface area contributed by atoms with Gasteiger partial charge in [0, 0.05) is 6.04 Å². The molecule has 0 amide bonds. The molecule has 2 aliphatic rings. The second kappa shape index (κ2) is 4.47. The molecule has 0 unspecified atom stereocenters. The molecule has 112 valence electrons. The van der Waals surface area contributed by atoms with Crippen molar-refractivity contribution in [3.63, 3.8) is 0 Å². The quantitative estimate of drug-likeness (QED) is 0.786. The maximum absolute atomic E-state index is 12.4. The van der Waals surface area contributed by atoms with E-state index < -0.39 is 5.56 Å². The van der Waals surface area contributed by atoms with Gasteiger partial charge in [0.25, 0.3) is 5.56 Å². The number of rotatable bonds is 3. The predicted molar refractivity (Wildman–Crippen MR) is 79.1 cm³/mol. The number of nitrogens with two attached hydrogens (primary N) is 1. The zero-order valence-electron chi connectivity index (χ0n) is 11.8. The lowest BCUT2D eigenvalue weighted by atomic mass is 9.68. The molecule has 0 spiro atoms. The lowest BCUT2D eigenvalue weighted by Crippen LogP contribution is -2.42. The van der Waals surface area contributed by atoms with Crippen LogP contribution in [0.2, 0.25) is 0 Å². The molecule has 2 heterocycles. The van der Waals surface area contributed by atoms with Crippen LogP contribution in [0.15, 0.2) is 9.59 Å². The summed E-state index contributed by atoms with van der Waals surface area (Å²) in [7, 11) is 0. The van der Waals surface area contributed by atoms with Gasteiger partial charge in [-0.2, -0.15) is 4.98 Å². The Hall–Kier alpha value is -2.05. The van der Waals surface area contributed by atoms with Crippen molar-refractivity contribution in [1.82, 2.24) is 19.5 Å². The van der Waals surface area contributed by atoms with Gasteiger partial charge in [0.05, 0.1) is 0 Å². The Bertz CT molecular complexity index is 780. The van der Waals surface area contributed by atoms with Crippen molar-refractivity contribution in [3.05, 3.63) is 20.8 Å². The number of anilines is 1. The Morgan fingerprint density at radius 2 is 1.71 bits per heavy atom. The van der Waals surface area contributed by atoms with Crippen molar-refractivity contribution in [1.29, 1.82) is 0 Å². The zero-order chi connectivity index (χ0) is 14.6.